The normalized spacial score (nSPS) is 17.6. The van der Waals surface area contributed by atoms with Gasteiger partial charge in [-0.1, -0.05) is 35.3 Å². The van der Waals surface area contributed by atoms with Gasteiger partial charge in [0, 0.05) is 13.0 Å². The van der Waals surface area contributed by atoms with Gasteiger partial charge in [0.1, 0.15) is 0 Å². The molecule has 1 saturated heterocycles. The lowest BCUT2D eigenvalue weighted by atomic mass is 9.93. The molecular weight excluding hydrogens is 285 g/mol. The van der Waals surface area contributed by atoms with Crippen LogP contribution in [0.15, 0.2) is 18.2 Å². The van der Waals surface area contributed by atoms with Crippen molar-refractivity contribution < 1.29 is 9.90 Å². The number of hydrogen-bond acceptors (Lipinski definition) is 2. The monoisotopic (exact) mass is 301 g/mol. The molecule has 1 heterocycles. The van der Waals surface area contributed by atoms with Crippen LogP contribution in [0.5, 0.6) is 0 Å². The molecule has 1 fully saturated rings. The molecule has 0 aliphatic carbocycles. The Bertz CT molecular complexity index is 457. The van der Waals surface area contributed by atoms with Crippen molar-refractivity contribution in [1.29, 1.82) is 0 Å². The number of piperidine rings is 1. The van der Waals surface area contributed by atoms with E-state index in [0.29, 0.717) is 16.0 Å². The molecule has 0 amide bonds. The smallest absolute Gasteiger partial charge is 0.303 e. The molecule has 3 nitrogen and oxygen atoms in total. The zero-order valence-corrected chi connectivity index (χ0v) is 12.1. The Labute approximate surface area is 123 Å². The second kappa shape index (κ2) is 6.60. The summed E-state index contributed by atoms with van der Waals surface area (Å²) >= 11 is 12.2. The van der Waals surface area contributed by atoms with Crippen molar-refractivity contribution >= 4 is 29.2 Å². The first-order valence-electron chi connectivity index (χ1n) is 6.43. The van der Waals surface area contributed by atoms with Gasteiger partial charge >= 0.3 is 5.97 Å². The Morgan fingerprint density at radius 3 is 2.63 bits per heavy atom. The standard InChI is InChI=1S/C14H17Cl2NO2/c15-12-3-1-2-11(14(12)16)9-17-6-4-10(5-7-17)8-13(18)19/h1-3,10H,4-9H2,(H,18,19). The Kier molecular flexibility index (Phi) is 5.08. The molecule has 1 aromatic carbocycles. The van der Waals surface area contributed by atoms with E-state index in [1.54, 1.807) is 6.07 Å². The van der Waals surface area contributed by atoms with Crippen LogP contribution >= 0.6 is 23.2 Å². The molecule has 5 heteroatoms. The molecule has 1 aliphatic heterocycles. The van der Waals surface area contributed by atoms with Crippen LogP contribution in [0, 0.1) is 5.92 Å². The van der Waals surface area contributed by atoms with Gasteiger partial charge in [0.25, 0.3) is 0 Å². The summed E-state index contributed by atoms with van der Waals surface area (Å²) in [5, 5.41) is 9.99. The highest BCUT2D eigenvalue weighted by atomic mass is 35.5. The quantitative estimate of drug-likeness (QED) is 0.922. The van der Waals surface area contributed by atoms with Crippen LogP contribution in [0.4, 0.5) is 0 Å². The van der Waals surface area contributed by atoms with Crippen LogP contribution in [0.3, 0.4) is 0 Å². The third kappa shape index (κ3) is 4.10. The Hall–Kier alpha value is -0.770. The van der Waals surface area contributed by atoms with E-state index in [0.717, 1.165) is 38.0 Å². The van der Waals surface area contributed by atoms with Crippen LogP contribution < -0.4 is 0 Å². The third-order valence-corrected chi connectivity index (χ3v) is 4.45. The zero-order chi connectivity index (χ0) is 13.8. The molecule has 0 unspecified atom stereocenters. The zero-order valence-electron chi connectivity index (χ0n) is 10.6. The summed E-state index contributed by atoms with van der Waals surface area (Å²) in [7, 11) is 0. The van der Waals surface area contributed by atoms with Crippen molar-refractivity contribution in [3.8, 4) is 0 Å². The maximum absolute atomic E-state index is 10.7. The molecule has 1 aromatic rings. The molecular formula is C14H17Cl2NO2. The summed E-state index contributed by atoms with van der Waals surface area (Å²) in [4.78, 5) is 13.0. The SMILES string of the molecule is O=C(O)CC1CCN(Cc2cccc(Cl)c2Cl)CC1. The van der Waals surface area contributed by atoms with Gasteiger partial charge in [-0.3, -0.25) is 9.69 Å². The minimum absolute atomic E-state index is 0.283. The van der Waals surface area contributed by atoms with Gasteiger partial charge in [-0.05, 0) is 43.5 Å². The van der Waals surface area contributed by atoms with Crippen LogP contribution in [0.25, 0.3) is 0 Å². The molecule has 1 aliphatic rings. The number of rotatable bonds is 4. The van der Waals surface area contributed by atoms with Gasteiger partial charge in [0.05, 0.1) is 10.0 Å². The van der Waals surface area contributed by atoms with Crippen molar-refractivity contribution in [3.05, 3.63) is 33.8 Å². The minimum Gasteiger partial charge on any atom is -0.481 e. The van der Waals surface area contributed by atoms with E-state index in [1.807, 2.05) is 12.1 Å². The topological polar surface area (TPSA) is 40.5 Å². The average Bonchev–Trinajstić information content (AvgIpc) is 2.37. The lowest BCUT2D eigenvalue weighted by Gasteiger charge is -2.31. The Morgan fingerprint density at radius 1 is 1.32 bits per heavy atom. The fraction of sp³-hybridized carbons (Fsp3) is 0.500. The van der Waals surface area contributed by atoms with E-state index in [2.05, 4.69) is 4.90 Å². The van der Waals surface area contributed by atoms with Crippen LogP contribution in [-0.2, 0) is 11.3 Å². The van der Waals surface area contributed by atoms with Crippen molar-refractivity contribution in [3.63, 3.8) is 0 Å². The summed E-state index contributed by atoms with van der Waals surface area (Å²) in [6.45, 7) is 2.61. The summed E-state index contributed by atoms with van der Waals surface area (Å²) in [5.41, 5.74) is 1.03. The number of halogens is 2. The van der Waals surface area contributed by atoms with E-state index in [-0.39, 0.29) is 6.42 Å². The second-order valence-electron chi connectivity index (χ2n) is 5.03. The average molecular weight is 302 g/mol. The van der Waals surface area contributed by atoms with Crippen molar-refractivity contribution in [2.75, 3.05) is 13.1 Å². The highest BCUT2D eigenvalue weighted by molar-refractivity contribution is 6.42. The maximum Gasteiger partial charge on any atom is 0.303 e. The molecule has 0 bridgehead atoms. The van der Waals surface area contributed by atoms with Gasteiger partial charge in [0.2, 0.25) is 0 Å². The predicted octanol–water partition coefficient (Wildman–Crippen LogP) is 3.68. The summed E-state index contributed by atoms with van der Waals surface area (Å²) in [6, 6.07) is 5.67. The highest BCUT2D eigenvalue weighted by Gasteiger charge is 2.21. The lowest BCUT2D eigenvalue weighted by Crippen LogP contribution is -2.34. The molecule has 0 aromatic heterocycles. The van der Waals surface area contributed by atoms with Crippen molar-refractivity contribution in [1.82, 2.24) is 4.90 Å². The van der Waals surface area contributed by atoms with Crippen LogP contribution in [-0.4, -0.2) is 29.1 Å². The Balaban J connectivity index is 1.89. The number of nitrogens with zero attached hydrogens (tertiary/aromatic N) is 1. The fourth-order valence-corrected chi connectivity index (χ4v) is 2.89. The predicted molar refractivity (Wildman–Crippen MR) is 76.7 cm³/mol. The lowest BCUT2D eigenvalue weighted by molar-refractivity contribution is -0.138. The second-order valence-corrected chi connectivity index (χ2v) is 5.82. The van der Waals surface area contributed by atoms with Gasteiger partial charge in [-0.25, -0.2) is 0 Å². The van der Waals surface area contributed by atoms with Gasteiger partial charge < -0.3 is 5.11 Å². The van der Waals surface area contributed by atoms with E-state index in [4.69, 9.17) is 28.3 Å². The molecule has 0 atom stereocenters. The maximum atomic E-state index is 10.7. The summed E-state index contributed by atoms with van der Waals surface area (Å²) in [6.07, 6.45) is 2.15. The molecule has 19 heavy (non-hydrogen) atoms. The number of likely N-dealkylation sites (tertiary alicyclic amines) is 1. The summed E-state index contributed by atoms with van der Waals surface area (Å²) < 4.78 is 0. The van der Waals surface area contributed by atoms with E-state index >= 15 is 0 Å². The highest BCUT2D eigenvalue weighted by Crippen LogP contribution is 2.28. The van der Waals surface area contributed by atoms with Crippen molar-refractivity contribution in [2.45, 2.75) is 25.8 Å². The molecule has 0 spiro atoms. The number of aliphatic carboxylic acids is 1. The number of benzene rings is 1. The molecule has 2 rings (SSSR count). The van der Waals surface area contributed by atoms with Crippen LogP contribution in [0.2, 0.25) is 10.0 Å². The van der Waals surface area contributed by atoms with E-state index < -0.39 is 5.97 Å². The van der Waals surface area contributed by atoms with Gasteiger partial charge in [0.15, 0.2) is 0 Å². The largest absolute Gasteiger partial charge is 0.481 e. The number of hydrogen-bond donors (Lipinski definition) is 1. The molecule has 1 N–H and O–H groups in total. The van der Waals surface area contributed by atoms with Gasteiger partial charge in [-0.2, -0.15) is 0 Å². The minimum atomic E-state index is -0.698. The molecule has 0 saturated carbocycles. The number of carboxylic acids is 1. The van der Waals surface area contributed by atoms with E-state index in [9.17, 15) is 4.79 Å². The van der Waals surface area contributed by atoms with Gasteiger partial charge in [-0.15, -0.1) is 0 Å². The third-order valence-electron chi connectivity index (χ3n) is 3.60. The first kappa shape index (κ1) is 14.6. The first-order valence-corrected chi connectivity index (χ1v) is 7.19. The summed E-state index contributed by atoms with van der Waals surface area (Å²) in [5.74, 6) is -0.389. The molecule has 104 valence electrons. The van der Waals surface area contributed by atoms with E-state index in [1.165, 1.54) is 0 Å². The Morgan fingerprint density at radius 2 is 2.00 bits per heavy atom. The molecule has 0 radical (unpaired) electrons. The van der Waals surface area contributed by atoms with Crippen LogP contribution in [0.1, 0.15) is 24.8 Å². The number of carboxylic acid groups (broad SMARTS) is 1. The first-order chi connectivity index (χ1) is 9.06. The number of carbonyl (C=O) groups is 1. The van der Waals surface area contributed by atoms with Crippen molar-refractivity contribution in [2.24, 2.45) is 5.92 Å². The fourth-order valence-electron chi connectivity index (χ4n) is 2.51.